The Morgan fingerprint density at radius 2 is 2.13 bits per heavy atom. The second kappa shape index (κ2) is 5.07. The molecule has 0 spiro atoms. The third-order valence-electron chi connectivity index (χ3n) is 2.84. The van der Waals surface area contributed by atoms with Crippen molar-refractivity contribution in [1.29, 1.82) is 0 Å². The van der Waals surface area contributed by atoms with Crippen LogP contribution < -0.4 is 11.3 Å². The van der Waals surface area contributed by atoms with Gasteiger partial charge in [-0.2, -0.15) is 0 Å². The predicted octanol–water partition coefficient (Wildman–Crippen LogP) is 1.99. The number of nitrogens with two attached hydrogens (primary N) is 1. The van der Waals surface area contributed by atoms with Gasteiger partial charge in [-0.3, -0.25) is 11.3 Å². The first kappa shape index (κ1) is 11.1. The van der Waals surface area contributed by atoms with E-state index in [1.165, 1.54) is 5.56 Å². The summed E-state index contributed by atoms with van der Waals surface area (Å²) in [5.74, 6) is 6.09. The van der Waals surface area contributed by atoms with Gasteiger partial charge in [0, 0.05) is 17.0 Å². The lowest BCUT2D eigenvalue weighted by molar-refractivity contribution is 0.177. The first-order valence-corrected chi connectivity index (χ1v) is 5.90. The van der Waals surface area contributed by atoms with Crippen LogP contribution in [0.1, 0.15) is 18.0 Å². The minimum absolute atomic E-state index is 0.195. The molecule has 0 amide bonds. The summed E-state index contributed by atoms with van der Waals surface area (Å²) in [5.41, 5.74) is 4.10. The molecule has 3 nitrogen and oxygen atoms in total. The van der Waals surface area contributed by atoms with Crippen molar-refractivity contribution in [1.82, 2.24) is 5.43 Å². The molecule has 2 unspecified atom stereocenters. The number of benzene rings is 1. The Balaban J connectivity index is 2.14. The first-order chi connectivity index (χ1) is 7.31. The highest BCUT2D eigenvalue weighted by Crippen LogP contribution is 2.28. The fourth-order valence-corrected chi connectivity index (χ4v) is 2.25. The second-order valence-electron chi connectivity index (χ2n) is 3.82. The van der Waals surface area contributed by atoms with Crippen molar-refractivity contribution in [2.75, 3.05) is 13.2 Å². The van der Waals surface area contributed by atoms with Crippen LogP contribution >= 0.6 is 15.9 Å². The molecule has 2 atom stereocenters. The highest BCUT2D eigenvalue weighted by atomic mass is 79.9. The van der Waals surface area contributed by atoms with Gasteiger partial charge in [0.2, 0.25) is 0 Å². The number of nitrogens with one attached hydrogen (secondary N) is 1. The van der Waals surface area contributed by atoms with E-state index < -0.39 is 0 Å². The van der Waals surface area contributed by atoms with Gasteiger partial charge in [-0.25, -0.2) is 0 Å². The molecular formula is C11H15BrN2O. The van der Waals surface area contributed by atoms with Crippen molar-refractivity contribution in [2.24, 2.45) is 11.8 Å². The molecule has 1 heterocycles. The highest BCUT2D eigenvalue weighted by Gasteiger charge is 2.25. The van der Waals surface area contributed by atoms with Gasteiger partial charge in [-0.15, -0.1) is 0 Å². The maximum atomic E-state index is 5.61. The lowest BCUT2D eigenvalue weighted by atomic mass is 9.93. The van der Waals surface area contributed by atoms with Crippen LogP contribution in [0, 0.1) is 5.92 Å². The van der Waals surface area contributed by atoms with Crippen molar-refractivity contribution in [3.8, 4) is 0 Å². The van der Waals surface area contributed by atoms with E-state index in [0.29, 0.717) is 5.92 Å². The SMILES string of the molecule is NNC(c1ccc(Br)cc1)C1CCOC1. The Bertz CT molecular complexity index is 309. The summed E-state index contributed by atoms with van der Waals surface area (Å²) >= 11 is 3.42. The van der Waals surface area contributed by atoms with Crippen LogP contribution in [0.25, 0.3) is 0 Å². The maximum Gasteiger partial charge on any atom is 0.0513 e. The average Bonchev–Trinajstić information content (AvgIpc) is 2.75. The quantitative estimate of drug-likeness (QED) is 0.653. The normalized spacial score (nSPS) is 22.9. The predicted molar refractivity (Wildman–Crippen MR) is 63.1 cm³/mol. The zero-order valence-corrected chi connectivity index (χ0v) is 10.0. The van der Waals surface area contributed by atoms with Gasteiger partial charge in [-0.1, -0.05) is 28.1 Å². The van der Waals surface area contributed by atoms with Gasteiger partial charge < -0.3 is 4.74 Å². The number of halogens is 1. The number of rotatable bonds is 3. The number of hydrogen-bond acceptors (Lipinski definition) is 3. The molecule has 1 saturated heterocycles. The molecule has 1 fully saturated rings. The third kappa shape index (κ3) is 2.58. The molecule has 0 aliphatic carbocycles. The molecule has 82 valence electrons. The van der Waals surface area contributed by atoms with Crippen molar-refractivity contribution in [3.63, 3.8) is 0 Å². The van der Waals surface area contributed by atoms with Crippen LogP contribution in [0.2, 0.25) is 0 Å². The van der Waals surface area contributed by atoms with Gasteiger partial charge in [0.1, 0.15) is 0 Å². The Hall–Kier alpha value is -0.420. The van der Waals surface area contributed by atoms with E-state index in [0.717, 1.165) is 24.1 Å². The summed E-state index contributed by atoms with van der Waals surface area (Å²) in [6.45, 7) is 1.64. The molecule has 0 saturated carbocycles. The largest absolute Gasteiger partial charge is 0.381 e. The van der Waals surface area contributed by atoms with E-state index in [4.69, 9.17) is 10.6 Å². The molecule has 2 rings (SSSR count). The van der Waals surface area contributed by atoms with Crippen LogP contribution in [-0.4, -0.2) is 13.2 Å². The summed E-state index contributed by atoms with van der Waals surface area (Å²) < 4.78 is 6.47. The third-order valence-corrected chi connectivity index (χ3v) is 3.37. The molecule has 4 heteroatoms. The van der Waals surface area contributed by atoms with E-state index in [1.807, 2.05) is 12.1 Å². The average molecular weight is 271 g/mol. The lowest BCUT2D eigenvalue weighted by Crippen LogP contribution is -2.33. The van der Waals surface area contributed by atoms with Crippen LogP contribution in [0.15, 0.2) is 28.7 Å². The van der Waals surface area contributed by atoms with E-state index >= 15 is 0 Å². The first-order valence-electron chi connectivity index (χ1n) is 5.10. The van der Waals surface area contributed by atoms with Crippen LogP contribution in [0.4, 0.5) is 0 Å². The molecule has 1 aliphatic rings. The van der Waals surface area contributed by atoms with Gasteiger partial charge >= 0.3 is 0 Å². The van der Waals surface area contributed by atoms with E-state index in [2.05, 4.69) is 33.5 Å². The summed E-state index contributed by atoms with van der Waals surface area (Å²) in [6.07, 6.45) is 1.07. The minimum atomic E-state index is 0.195. The molecule has 0 bridgehead atoms. The topological polar surface area (TPSA) is 47.3 Å². The smallest absolute Gasteiger partial charge is 0.0513 e. The molecule has 3 N–H and O–H groups in total. The van der Waals surface area contributed by atoms with E-state index in [-0.39, 0.29) is 6.04 Å². The zero-order chi connectivity index (χ0) is 10.7. The standard InChI is InChI=1S/C11H15BrN2O/c12-10-3-1-8(2-4-10)11(14-13)9-5-6-15-7-9/h1-4,9,11,14H,5-7,13H2. The Labute approximate surface area is 98.1 Å². The molecule has 1 aliphatic heterocycles. The maximum absolute atomic E-state index is 5.61. The Morgan fingerprint density at radius 1 is 1.40 bits per heavy atom. The minimum Gasteiger partial charge on any atom is -0.381 e. The van der Waals surface area contributed by atoms with E-state index in [9.17, 15) is 0 Å². The van der Waals surface area contributed by atoms with Crippen LogP contribution in [0.3, 0.4) is 0 Å². The fourth-order valence-electron chi connectivity index (χ4n) is 1.99. The monoisotopic (exact) mass is 270 g/mol. The van der Waals surface area contributed by atoms with Gasteiger partial charge in [0.05, 0.1) is 12.6 Å². The summed E-state index contributed by atoms with van der Waals surface area (Å²) in [6, 6.07) is 8.45. The van der Waals surface area contributed by atoms with Gasteiger partial charge in [0.25, 0.3) is 0 Å². The van der Waals surface area contributed by atoms with Crippen molar-refractivity contribution < 1.29 is 4.74 Å². The summed E-state index contributed by atoms with van der Waals surface area (Å²) in [7, 11) is 0. The summed E-state index contributed by atoms with van der Waals surface area (Å²) in [5, 5.41) is 0. The molecule has 0 aromatic heterocycles. The number of hydrogen-bond donors (Lipinski definition) is 2. The number of hydrazine groups is 1. The Kier molecular flexibility index (Phi) is 3.75. The van der Waals surface area contributed by atoms with Crippen molar-refractivity contribution in [3.05, 3.63) is 34.3 Å². The fraction of sp³-hybridized carbons (Fsp3) is 0.455. The van der Waals surface area contributed by atoms with E-state index in [1.54, 1.807) is 0 Å². The molecule has 15 heavy (non-hydrogen) atoms. The van der Waals surface area contributed by atoms with Crippen LogP contribution in [0.5, 0.6) is 0 Å². The van der Waals surface area contributed by atoms with Crippen molar-refractivity contribution in [2.45, 2.75) is 12.5 Å². The lowest BCUT2D eigenvalue weighted by Gasteiger charge is -2.21. The second-order valence-corrected chi connectivity index (χ2v) is 4.74. The molecule has 1 aromatic rings. The van der Waals surface area contributed by atoms with Gasteiger partial charge in [-0.05, 0) is 24.1 Å². The van der Waals surface area contributed by atoms with Gasteiger partial charge in [0.15, 0.2) is 0 Å². The molecule has 0 radical (unpaired) electrons. The molecular weight excluding hydrogens is 256 g/mol. The zero-order valence-electron chi connectivity index (χ0n) is 8.45. The molecule has 1 aromatic carbocycles. The van der Waals surface area contributed by atoms with Crippen LogP contribution in [-0.2, 0) is 4.74 Å². The Morgan fingerprint density at radius 3 is 2.67 bits per heavy atom. The highest BCUT2D eigenvalue weighted by molar-refractivity contribution is 9.10. The summed E-state index contributed by atoms with van der Waals surface area (Å²) in [4.78, 5) is 0. The van der Waals surface area contributed by atoms with Crippen molar-refractivity contribution >= 4 is 15.9 Å². The number of ether oxygens (including phenoxy) is 1.